The number of aryl methyl sites for hydroxylation is 3. The van der Waals surface area contributed by atoms with Crippen molar-refractivity contribution in [3.8, 4) is 11.3 Å². The number of amides is 1. The van der Waals surface area contributed by atoms with Crippen molar-refractivity contribution in [2.45, 2.75) is 39.0 Å². The molecule has 1 aromatic heterocycles. The van der Waals surface area contributed by atoms with E-state index in [2.05, 4.69) is 10.5 Å². The van der Waals surface area contributed by atoms with Crippen molar-refractivity contribution >= 4 is 33.0 Å². The number of nitrogens with zero attached hydrogens (tertiary/aromatic N) is 1. The van der Waals surface area contributed by atoms with Gasteiger partial charge < -0.3 is 9.84 Å². The van der Waals surface area contributed by atoms with Crippen molar-refractivity contribution in [1.29, 1.82) is 0 Å². The third-order valence-electron chi connectivity index (χ3n) is 4.94. The summed E-state index contributed by atoms with van der Waals surface area (Å²) in [5, 5.41) is 7.01. The molecule has 0 saturated carbocycles. The lowest BCUT2D eigenvalue weighted by atomic mass is 10.1. The van der Waals surface area contributed by atoms with E-state index in [4.69, 9.17) is 16.1 Å². The van der Waals surface area contributed by atoms with E-state index >= 15 is 0 Å². The highest BCUT2D eigenvalue weighted by Crippen LogP contribution is 2.29. The molecule has 3 aromatic rings. The number of hydrogen-bond acceptors (Lipinski definition) is 5. The Morgan fingerprint density at radius 3 is 2.47 bits per heavy atom. The number of benzene rings is 2. The summed E-state index contributed by atoms with van der Waals surface area (Å²) >= 11 is 6.12. The van der Waals surface area contributed by atoms with Crippen LogP contribution >= 0.6 is 11.6 Å². The number of aromatic nitrogens is 1. The predicted molar refractivity (Wildman–Crippen MR) is 118 cm³/mol. The molecule has 0 atom stereocenters. The number of nitrogens with one attached hydrogen (secondary N) is 1. The largest absolute Gasteiger partial charge is 0.356 e. The molecule has 0 aliphatic heterocycles. The normalized spacial score (nSPS) is 11.5. The molecular formula is C22H23ClN2O4S. The monoisotopic (exact) mass is 446 g/mol. The van der Waals surface area contributed by atoms with E-state index in [1.54, 1.807) is 37.3 Å². The standard InChI is InChI=1S/C22H23ClN2O4S/c1-13-5-8-19(18(23)11-13)24-21(26)9-10-30(27,28)20-12-17(7-6-14(20)2)22-15(3)16(4)25-29-22/h5-8,11-12H,9-10H2,1-4H3,(H,24,26). The van der Waals surface area contributed by atoms with E-state index in [-0.39, 0.29) is 17.1 Å². The number of halogens is 1. The van der Waals surface area contributed by atoms with Crippen LogP contribution in [0.5, 0.6) is 0 Å². The molecule has 8 heteroatoms. The van der Waals surface area contributed by atoms with Gasteiger partial charge in [0, 0.05) is 17.5 Å². The van der Waals surface area contributed by atoms with Gasteiger partial charge in [-0.2, -0.15) is 0 Å². The second-order valence-corrected chi connectivity index (χ2v) is 9.79. The Kier molecular flexibility index (Phi) is 6.33. The number of anilines is 1. The van der Waals surface area contributed by atoms with Crippen molar-refractivity contribution in [3.05, 3.63) is 63.8 Å². The fourth-order valence-corrected chi connectivity index (χ4v) is 4.85. The average molecular weight is 447 g/mol. The molecule has 30 heavy (non-hydrogen) atoms. The first kappa shape index (κ1) is 22.1. The summed E-state index contributed by atoms with van der Waals surface area (Å²) in [6.07, 6.45) is -0.184. The summed E-state index contributed by atoms with van der Waals surface area (Å²) in [4.78, 5) is 12.5. The zero-order valence-electron chi connectivity index (χ0n) is 17.2. The maximum Gasteiger partial charge on any atom is 0.225 e. The van der Waals surface area contributed by atoms with Crippen LogP contribution in [-0.2, 0) is 14.6 Å². The molecule has 0 saturated heterocycles. The minimum absolute atomic E-state index is 0.176. The van der Waals surface area contributed by atoms with Gasteiger partial charge in [0.25, 0.3) is 0 Å². The molecular weight excluding hydrogens is 424 g/mol. The third kappa shape index (κ3) is 4.74. The summed E-state index contributed by atoms with van der Waals surface area (Å²) < 4.78 is 31.2. The number of hydrogen-bond donors (Lipinski definition) is 1. The molecule has 1 N–H and O–H groups in total. The van der Waals surface area contributed by atoms with E-state index in [9.17, 15) is 13.2 Å². The van der Waals surface area contributed by atoms with Gasteiger partial charge >= 0.3 is 0 Å². The van der Waals surface area contributed by atoms with Crippen molar-refractivity contribution in [3.63, 3.8) is 0 Å². The van der Waals surface area contributed by atoms with Gasteiger partial charge in [-0.1, -0.05) is 35.0 Å². The lowest BCUT2D eigenvalue weighted by molar-refractivity contribution is -0.115. The third-order valence-corrected chi connectivity index (χ3v) is 7.10. The van der Waals surface area contributed by atoms with Crippen molar-refractivity contribution in [1.82, 2.24) is 5.16 Å². The Labute approximate surface area is 181 Å². The van der Waals surface area contributed by atoms with Crippen LogP contribution in [-0.4, -0.2) is 25.2 Å². The van der Waals surface area contributed by atoms with Crippen molar-refractivity contribution < 1.29 is 17.7 Å². The Morgan fingerprint density at radius 2 is 1.83 bits per heavy atom. The molecule has 0 radical (unpaired) electrons. The van der Waals surface area contributed by atoms with Gasteiger partial charge in [-0.3, -0.25) is 4.79 Å². The summed E-state index contributed by atoms with van der Waals surface area (Å²) in [5.74, 6) is -0.198. The number of rotatable bonds is 6. The van der Waals surface area contributed by atoms with Crippen LogP contribution in [0.2, 0.25) is 5.02 Å². The van der Waals surface area contributed by atoms with Crippen molar-refractivity contribution in [2.24, 2.45) is 0 Å². The summed E-state index contributed by atoms with van der Waals surface area (Å²) in [6.45, 7) is 7.31. The minimum Gasteiger partial charge on any atom is -0.356 e. The van der Waals surface area contributed by atoms with E-state index in [0.29, 0.717) is 27.6 Å². The van der Waals surface area contributed by atoms with Gasteiger partial charge in [0.2, 0.25) is 5.91 Å². The van der Waals surface area contributed by atoms with E-state index < -0.39 is 15.7 Å². The SMILES string of the molecule is Cc1ccc(NC(=O)CCS(=O)(=O)c2cc(-c3onc(C)c3C)ccc2C)c(Cl)c1. The number of sulfone groups is 1. The van der Waals surface area contributed by atoms with Gasteiger partial charge in [-0.05, 0) is 57.0 Å². The summed E-state index contributed by atoms with van der Waals surface area (Å²) in [7, 11) is -3.69. The fraction of sp³-hybridized carbons (Fsp3) is 0.273. The van der Waals surface area contributed by atoms with Crippen LogP contribution in [0.15, 0.2) is 45.8 Å². The summed E-state index contributed by atoms with van der Waals surface area (Å²) in [5.41, 5.74) is 4.27. The van der Waals surface area contributed by atoms with Gasteiger partial charge in [0.15, 0.2) is 15.6 Å². The first-order valence-corrected chi connectivity index (χ1v) is 11.4. The van der Waals surface area contributed by atoms with Crippen LogP contribution in [0.3, 0.4) is 0 Å². The maximum absolute atomic E-state index is 12.9. The van der Waals surface area contributed by atoms with Gasteiger partial charge in [-0.15, -0.1) is 0 Å². The Hall–Kier alpha value is -2.64. The Balaban J connectivity index is 1.77. The highest BCUT2D eigenvalue weighted by Gasteiger charge is 2.21. The molecule has 6 nitrogen and oxygen atoms in total. The minimum atomic E-state index is -3.69. The molecule has 0 aliphatic carbocycles. The quantitative estimate of drug-likeness (QED) is 0.573. The number of carbonyl (C=O) groups is 1. The average Bonchev–Trinajstić information content (AvgIpc) is 3.02. The lowest BCUT2D eigenvalue weighted by Gasteiger charge is -2.11. The predicted octanol–water partition coefficient (Wildman–Crippen LogP) is 5.03. The molecule has 0 aliphatic rings. The van der Waals surface area contributed by atoms with Crippen LogP contribution in [0.25, 0.3) is 11.3 Å². The van der Waals surface area contributed by atoms with E-state index in [1.807, 2.05) is 26.8 Å². The molecule has 2 aromatic carbocycles. The highest BCUT2D eigenvalue weighted by molar-refractivity contribution is 7.91. The zero-order chi connectivity index (χ0) is 22.1. The first-order chi connectivity index (χ1) is 14.1. The van der Waals surface area contributed by atoms with Crippen LogP contribution < -0.4 is 5.32 Å². The van der Waals surface area contributed by atoms with Gasteiger partial charge in [-0.25, -0.2) is 8.42 Å². The first-order valence-electron chi connectivity index (χ1n) is 9.41. The molecule has 158 valence electrons. The molecule has 0 bridgehead atoms. The fourth-order valence-electron chi connectivity index (χ4n) is 3.03. The maximum atomic E-state index is 12.9. The van der Waals surface area contributed by atoms with Crippen molar-refractivity contribution in [2.75, 3.05) is 11.1 Å². The van der Waals surface area contributed by atoms with E-state index in [1.165, 1.54) is 0 Å². The lowest BCUT2D eigenvalue weighted by Crippen LogP contribution is -2.18. The van der Waals surface area contributed by atoms with Gasteiger partial charge in [0.05, 0.1) is 27.1 Å². The molecule has 1 amide bonds. The Bertz CT molecular complexity index is 1220. The molecule has 0 fully saturated rings. The van der Waals surface area contributed by atoms with Crippen LogP contribution in [0, 0.1) is 27.7 Å². The molecule has 3 rings (SSSR count). The summed E-state index contributed by atoms with van der Waals surface area (Å²) in [6, 6.07) is 10.3. The Morgan fingerprint density at radius 1 is 1.10 bits per heavy atom. The van der Waals surface area contributed by atoms with Gasteiger partial charge in [0.1, 0.15) is 0 Å². The van der Waals surface area contributed by atoms with Crippen LogP contribution in [0.4, 0.5) is 5.69 Å². The molecule has 0 unspecified atom stereocenters. The number of carbonyl (C=O) groups excluding carboxylic acids is 1. The molecule has 1 heterocycles. The smallest absolute Gasteiger partial charge is 0.225 e. The molecule has 0 spiro atoms. The highest BCUT2D eigenvalue weighted by atomic mass is 35.5. The topological polar surface area (TPSA) is 89.3 Å². The van der Waals surface area contributed by atoms with E-state index in [0.717, 1.165) is 16.8 Å². The second-order valence-electron chi connectivity index (χ2n) is 7.30. The second kappa shape index (κ2) is 8.62. The zero-order valence-corrected chi connectivity index (χ0v) is 18.8. The van der Waals surface area contributed by atoms with Crippen LogP contribution in [0.1, 0.15) is 28.8 Å².